The van der Waals surface area contributed by atoms with Gasteiger partial charge in [0.05, 0.1) is 10.6 Å². The molecule has 0 spiro atoms. The van der Waals surface area contributed by atoms with Crippen molar-refractivity contribution in [1.82, 2.24) is 4.98 Å². The second kappa shape index (κ2) is 6.40. The smallest absolute Gasteiger partial charge is 0.263 e. The normalized spacial score (nSPS) is 11.2. The number of anilines is 1. The number of aromatic nitrogens is 1. The zero-order valence-corrected chi connectivity index (χ0v) is 13.6. The number of rotatable bonds is 4. The van der Waals surface area contributed by atoms with Crippen LogP contribution in [-0.2, 0) is 10.0 Å². The molecule has 0 aliphatic carbocycles. The number of hydrogen-bond donors (Lipinski definition) is 1. The van der Waals surface area contributed by atoms with Crippen LogP contribution in [0.15, 0.2) is 77.7 Å². The lowest BCUT2D eigenvalue weighted by molar-refractivity contribution is 0.601. The fourth-order valence-electron chi connectivity index (χ4n) is 2.10. The molecule has 0 saturated carbocycles. The molecule has 4 nitrogen and oxygen atoms in total. The van der Waals surface area contributed by atoms with Gasteiger partial charge in [0.15, 0.2) is 0 Å². The lowest BCUT2D eigenvalue weighted by Crippen LogP contribution is -2.14. The Labute approximate surface area is 139 Å². The maximum Gasteiger partial charge on any atom is 0.263 e. The molecular weight excluding hydrogens is 332 g/mol. The highest BCUT2D eigenvalue weighted by molar-refractivity contribution is 7.92. The van der Waals surface area contributed by atoms with E-state index >= 15 is 0 Å². The summed E-state index contributed by atoms with van der Waals surface area (Å²) in [4.78, 5) is 4.51. The Morgan fingerprint density at radius 1 is 0.870 bits per heavy atom. The fourth-order valence-corrected chi connectivity index (χ4v) is 3.32. The maximum atomic E-state index is 12.4. The largest absolute Gasteiger partial charge is 0.263 e. The summed E-state index contributed by atoms with van der Waals surface area (Å²) < 4.78 is 27.2. The monoisotopic (exact) mass is 344 g/mol. The van der Waals surface area contributed by atoms with E-state index in [9.17, 15) is 8.42 Å². The molecule has 2 aromatic carbocycles. The van der Waals surface area contributed by atoms with Gasteiger partial charge in [-0.05, 0) is 18.2 Å². The van der Waals surface area contributed by atoms with Gasteiger partial charge in [-0.25, -0.2) is 13.4 Å². The summed E-state index contributed by atoms with van der Waals surface area (Å²) in [6.07, 6.45) is 0. The van der Waals surface area contributed by atoms with E-state index in [4.69, 9.17) is 11.6 Å². The van der Waals surface area contributed by atoms with Crippen molar-refractivity contribution in [3.8, 4) is 11.3 Å². The van der Waals surface area contributed by atoms with E-state index in [1.807, 2.05) is 30.3 Å². The first-order valence-electron chi connectivity index (χ1n) is 6.85. The fraction of sp³-hybridized carbons (Fsp3) is 0. The Hall–Kier alpha value is -2.37. The standard InChI is InChI=1S/C17H13ClN2O2S/c18-14-11-16(13-7-3-1-4-8-13)19-17(12-14)20-23(21,22)15-9-5-2-6-10-15/h1-12H,(H,19,20). The highest BCUT2D eigenvalue weighted by Crippen LogP contribution is 2.25. The minimum absolute atomic E-state index is 0.169. The topological polar surface area (TPSA) is 59.1 Å². The molecule has 116 valence electrons. The summed E-state index contributed by atoms with van der Waals surface area (Å²) in [5, 5.41) is 0.407. The molecule has 0 aliphatic heterocycles. The highest BCUT2D eigenvalue weighted by atomic mass is 35.5. The summed E-state index contributed by atoms with van der Waals surface area (Å²) in [5.41, 5.74) is 1.46. The van der Waals surface area contributed by atoms with Crippen LogP contribution in [0.4, 0.5) is 5.82 Å². The molecule has 1 heterocycles. The van der Waals surface area contributed by atoms with Crippen molar-refractivity contribution in [1.29, 1.82) is 0 Å². The number of nitrogens with zero attached hydrogens (tertiary/aromatic N) is 1. The van der Waals surface area contributed by atoms with Crippen LogP contribution in [0, 0.1) is 0 Å². The summed E-state index contributed by atoms with van der Waals surface area (Å²) in [6.45, 7) is 0. The molecule has 0 aliphatic rings. The van der Waals surface area contributed by atoms with Gasteiger partial charge in [-0.1, -0.05) is 60.1 Å². The molecule has 6 heteroatoms. The lowest BCUT2D eigenvalue weighted by Gasteiger charge is -2.09. The molecule has 0 saturated heterocycles. The van der Waals surface area contributed by atoms with Gasteiger partial charge in [-0.2, -0.15) is 0 Å². The van der Waals surface area contributed by atoms with E-state index in [0.29, 0.717) is 10.7 Å². The van der Waals surface area contributed by atoms with Gasteiger partial charge < -0.3 is 0 Å². The highest BCUT2D eigenvalue weighted by Gasteiger charge is 2.15. The zero-order valence-electron chi connectivity index (χ0n) is 12.0. The average molecular weight is 345 g/mol. The first kappa shape index (κ1) is 15.5. The summed E-state index contributed by atoms with van der Waals surface area (Å²) in [5.74, 6) is 0.181. The molecule has 1 aromatic heterocycles. The Kier molecular flexibility index (Phi) is 4.32. The van der Waals surface area contributed by atoms with Crippen LogP contribution in [0.1, 0.15) is 0 Å². The van der Waals surface area contributed by atoms with Gasteiger partial charge in [-0.15, -0.1) is 0 Å². The molecule has 23 heavy (non-hydrogen) atoms. The minimum Gasteiger partial charge on any atom is -0.263 e. The third-order valence-electron chi connectivity index (χ3n) is 3.15. The van der Waals surface area contributed by atoms with Crippen LogP contribution in [-0.4, -0.2) is 13.4 Å². The Balaban J connectivity index is 1.97. The van der Waals surface area contributed by atoms with Gasteiger partial charge in [0.25, 0.3) is 10.0 Å². The molecule has 0 bridgehead atoms. The molecule has 0 amide bonds. The summed E-state index contributed by atoms with van der Waals surface area (Å²) >= 11 is 6.10. The van der Waals surface area contributed by atoms with Crippen molar-refractivity contribution in [3.05, 3.63) is 77.8 Å². The second-order valence-corrected chi connectivity index (χ2v) is 6.96. The zero-order chi connectivity index (χ0) is 16.3. The average Bonchev–Trinajstić information content (AvgIpc) is 2.55. The molecule has 3 aromatic rings. The third-order valence-corrected chi connectivity index (χ3v) is 4.74. The number of halogens is 1. The SMILES string of the molecule is O=S(=O)(Nc1cc(Cl)cc(-c2ccccc2)n1)c1ccccc1. The van der Waals surface area contributed by atoms with Gasteiger partial charge in [-0.3, -0.25) is 4.72 Å². The van der Waals surface area contributed by atoms with Crippen LogP contribution in [0.2, 0.25) is 5.02 Å². The first-order chi connectivity index (χ1) is 11.0. The van der Waals surface area contributed by atoms with Crippen LogP contribution in [0.3, 0.4) is 0 Å². The molecule has 0 radical (unpaired) electrons. The third kappa shape index (κ3) is 3.70. The van der Waals surface area contributed by atoms with Gasteiger partial charge >= 0.3 is 0 Å². The quantitative estimate of drug-likeness (QED) is 0.771. The van der Waals surface area contributed by atoms with E-state index < -0.39 is 10.0 Å². The number of nitrogens with one attached hydrogen (secondary N) is 1. The van der Waals surface area contributed by atoms with Crippen LogP contribution < -0.4 is 4.72 Å². The van der Waals surface area contributed by atoms with Crippen molar-refractivity contribution in [2.45, 2.75) is 4.90 Å². The number of hydrogen-bond acceptors (Lipinski definition) is 3. The molecule has 1 N–H and O–H groups in total. The predicted octanol–water partition coefficient (Wildman–Crippen LogP) is 4.20. The second-order valence-electron chi connectivity index (χ2n) is 4.84. The van der Waals surface area contributed by atoms with E-state index in [-0.39, 0.29) is 10.7 Å². The predicted molar refractivity (Wildman–Crippen MR) is 91.9 cm³/mol. The van der Waals surface area contributed by atoms with E-state index in [1.54, 1.807) is 24.3 Å². The molecular formula is C17H13ClN2O2S. The Bertz CT molecular complexity index is 914. The Morgan fingerprint density at radius 2 is 1.48 bits per heavy atom. The van der Waals surface area contributed by atoms with Crippen LogP contribution in [0.25, 0.3) is 11.3 Å². The van der Waals surface area contributed by atoms with E-state index in [0.717, 1.165) is 5.56 Å². The minimum atomic E-state index is -3.70. The van der Waals surface area contributed by atoms with Gasteiger partial charge in [0.1, 0.15) is 5.82 Å². The lowest BCUT2D eigenvalue weighted by atomic mass is 10.1. The van der Waals surface area contributed by atoms with Gasteiger partial charge in [0, 0.05) is 16.7 Å². The molecule has 0 atom stereocenters. The number of benzene rings is 2. The van der Waals surface area contributed by atoms with Crippen molar-refractivity contribution < 1.29 is 8.42 Å². The molecule has 0 fully saturated rings. The van der Waals surface area contributed by atoms with E-state index in [2.05, 4.69) is 9.71 Å². The summed E-state index contributed by atoms with van der Waals surface area (Å²) in [6, 6.07) is 20.7. The van der Waals surface area contributed by atoms with Crippen LogP contribution >= 0.6 is 11.6 Å². The summed E-state index contributed by atoms with van der Waals surface area (Å²) in [7, 11) is -3.70. The Morgan fingerprint density at radius 3 is 2.13 bits per heavy atom. The van der Waals surface area contributed by atoms with Crippen LogP contribution in [0.5, 0.6) is 0 Å². The molecule has 3 rings (SSSR count). The number of sulfonamides is 1. The van der Waals surface area contributed by atoms with Crippen molar-refractivity contribution in [3.63, 3.8) is 0 Å². The van der Waals surface area contributed by atoms with Crippen molar-refractivity contribution in [2.75, 3.05) is 4.72 Å². The molecule has 0 unspecified atom stereocenters. The first-order valence-corrected chi connectivity index (χ1v) is 8.71. The number of pyridine rings is 1. The maximum absolute atomic E-state index is 12.4. The van der Waals surface area contributed by atoms with Crippen molar-refractivity contribution >= 4 is 27.4 Å². The van der Waals surface area contributed by atoms with Gasteiger partial charge in [0.2, 0.25) is 0 Å². The van der Waals surface area contributed by atoms with Crippen molar-refractivity contribution in [2.24, 2.45) is 0 Å². The van der Waals surface area contributed by atoms with E-state index in [1.165, 1.54) is 18.2 Å².